The fourth-order valence-electron chi connectivity index (χ4n) is 3.18. The van der Waals surface area contributed by atoms with Crippen LogP contribution in [-0.4, -0.2) is 25.3 Å². The van der Waals surface area contributed by atoms with Gasteiger partial charge in [-0.1, -0.05) is 6.42 Å². The summed E-state index contributed by atoms with van der Waals surface area (Å²) in [6.45, 7) is 2.29. The molecule has 0 aromatic carbocycles. The van der Waals surface area contributed by atoms with Gasteiger partial charge in [-0.05, 0) is 56.8 Å². The third kappa shape index (κ3) is 2.60. The molecule has 2 saturated carbocycles. The largest absolute Gasteiger partial charge is 0.378 e. The fourth-order valence-corrected chi connectivity index (χ4v) is 3.18. The van der Waals surface area contributed by atoms with Crippen molar-refractivity contribution in [2.45, 2.75) is 69.9 Å². The minimum absolute atomic E-state index is 0.596. The highest BCUT2D eigenvalue weighted by molar-refractivity contribution is 4.93. The molecule has 2 nitrogen and oxygen atoms in total. The maximum atomic E-state index is 5.73. The smallest absolute Gasteiger partial charge is 0.0576 e. The van der Waals surface area contributed by atoms with Gasteiger partial charge < -0.3 is 10.1 Å². The van der Waals surface area contributed by atoms with E-state index in [4.69, 9.17) is 4.74 Å². The molecular weight excluding hydrogens is 198 g/mol. The molecule has 3 fully saturated rings. The van der Waals surface area contributed by atoms with Crippen LogP contribution >= 0.6 is 0 Å². The van der Waals surface area contributed by atoms with Crippen molar-refractivity contribution in [2.24, 2.45) is 5.41 Å². The number of nitrogens with one attached hydrogen (secondary N) is 1. The highest BCUT2D eigenvalue weighted by Gasteiger charge is 2.38. The van der Waals surface area contributed by atoms with Crippen LogP contribution in [0.4, 0.5) is 0 Å². The zero-order chi connectivity index (χ0) is 10.8. The summed E-state index contributed by atoms with van der Waals surface area (Å²) in [5.74, 6) is 0. The quantitative estimate of drug-likeness (QED) is 0.747. The molecule has 0 radical (unpaired) electrons. The SMILES string of the molecule is C1COC(CCC2(CNC3CC3)CCC2)C1. The molecule has 0 amide bonds. The molecule has 1 atom stereocenters. The monoisotopic (exact) mass is 223 g/mol. The van der Waals surface area contributed by atoms with E-state index in [2.05, 4.69) is 5.32 Å². The third-order valence-electron chi connectivity index (χ3n) is 4.78. The molecule has 1 heterocycles. The molecule has 3 aliphatic rings. The lowest BCUT2D eigenvalue weighted by Crippen LogP contribution is -2.41. The first-order chi connectivity index (χ1) is 7.86. The molecule has 1 unspecified atom stereocenters. The Labute approximate surface area is 99.1 Å². The molecule has 1 aliphatic heterocycles. The standard InChI is InChI=1S/C14H25NO/c1-3-13(16-10-1)6-9-14(7-2-8-14)11-15-12-4-5-12/h12-13,15H,1-11H2. The predicted octanol–water partition coefficient (Wildman–Crippen LogP) is 2.87. The second-order valence-electron chi connectivity index (χ2n) is 6.18. The molecule has 0 spiro atoms. The van der Waals surface area contributed by atoms with Crippen LogP contribution in [0, 0.1) is 5.41 Å². The van der Waals surface area contributed by atoms with Gasteiger partial charge in [-0.15, -0.1) is 0 Å². The molecular formula is C14H25NO. The molecule has 0 bridgehead atoms. The number of rotatable bonds is 6. The van der Waals surface area contributed by atoms with Crippen LogP contribution in [0.25, 0.3) is 0 Å². The summed E-state index contributed by atoms with van der Waals surface area (Å²) in [5.41, 5.74) is 0.661. The Morgan fingerprint density at radius 1 is 1.12 bits per heavy atom. The van der Waals surface area contributed by atoms with Gasteiger partial charge in [0.05, 0.1) is 6.10 Å². The molecule has 92 valence electrons. The van der Waals surface area contributed by atoms with E-state index in [0.717, 1.165) is 12.6 Å². The van der Waals surface area contributed by atoms with E-state index in [-0.39, 0.29) is 0 Å². The Balaban J connectivity index is 1.41. The van der Waals surface area contributed by atoms with E-state index < -0.39 is 0 Å². The van der Waals surface area contributed by atoms with Gasteiger partial charge in [0.15, 0.2) is 0 Å². The van der Waals surface area contributed by atoms with Gasteiger partial charge in [-0.25, -0.2) is 0 Å². The van der Waals surface area contributed by atoms with Crippen LogP contribution in [0.3, 0.4) is 0 Å². The average molecular weight is 223 g/mol. The lowest BCUT2D eigenvalue weighted by molar-refractivity contribution is 0.0591. The number of hydrogen-bond acceptors (Lipinski definition) is 2. The minimum atomic E-state index is 0.596. The second kappa shape index (κ2) is 4.66. The third-order valence-corrected chi connectivity index (χ3v) is 4.78. The van der Waals surface area contributed by atoms with Crippen molar-refractivity contribution in [3.8, 4) is 0 Å². The summed E-state index contributed by atoms with van der Waals surface area (Å²) in [4.78, 5) is 0. The van der Waals surface area contributed by atoms with Crippen LogP contribution < -0.4 is 5.32 Å². The Morgan fingerprint density at radius 3 is 2.56 bits per heavy atom. The molecule has 1 N–H and O–H groups in total. The normalized spacial score (nSPS) is 32.6. The lowest BCUT2D eigenvalue weighted by Gasteiger charge is -2.43. The maximum Gasteiger partial charge on any atom is 0.0576 e. The molecule has 16 heavy (non-hydrogen) atoms. The topological polar surface area (TPSA) is 21.3 Å². The average Bonchev–Trinajstić information content (AvgIpc) is 2.91. The summed E-state index contributed by atoms with van der Waals surface area (Å²) in [7, 11) is 0. The van der Waals surface area contributed by atoms with Crippen molar-refractivity contribution < 1.29 is 4.74 Å². The van der Waals surface area contributed by atoms with Gasteiger partial charge >= 0.3 is 0 Å². The van der Waals surface area contributed by atoms with Crippen LogP contribution in [0.15, 0.2) is 0 Å². The zero-order valence-electron chi connectivity index (χ0n) is 10.3. The van der Waals surface area contributed by atoms with Gasteiger partial charge in [0.25, 0.3) is 0 Å². The molecule has 0 aromatic rings. The van der Waals surface area contributed by atoms with Crippen molar-refractivity contribution in [2.75, 3.05) is 13.2 Å². The Morgan fingerprint density at radius 2 is 2.00 bits per heavy atom. The second-order valence-corrected chi connectivity index (χ2v) is 6.18. The number of hydrogen-bond donors (Lipinski definition) is 1. The Kier molecular flexibility index (Phi) is 3.21. The summed E-state index contributed by atoms with van der Waals surface area (Å²) in [6.07, 6.45) is 13.1. The minimum Gasteiger partial charge on any atom is -0.378 e. The van der Waals surface area contributed by atoms with Crippen molar-refractivity contribution >= 4 is 0 Å². The lowest BCUT2D eigenvalue weighted by atomic mass is 9.65. The van der Waals surface area contributed by atoms with Crippen molar-refractivity contribution in [1.29, 1.82) is 0 Å². The van der Waals surface area contributed by atoms with Gasteiger partial charge in [-0.2, -0.15) is 0 Å². The summed E-state index contributed by atoms with van der Waals surface area (Å²) in [6, 6.07) is 0.875. The van der Waals surface area contributed by atoms with Crippen LogP contribution in [-0.2, 0) is 4.74 Å². The van der Waals surface area contributed by atoms with Crippen LogP contribution in [0.5, 0.6) is 0 Å². The number of ether oxygens (including phenoxy) is 1. The van der Waals surface area contributed by atoms with Crippen molar-refractivity contribution in [3.05, 3.63) is 0 Å². The van der Waals surface area contributed by atoms with E-state index in [1.165, 1.54) is 64.3 Å². The maximum absolute atomic E-state index is 5.73. The molecule has 0 aromatic heterocycles. The summed E-state index contributed by atoms with van der Waals surface area (Å²) >= 11 is 0. The first-order valence-corrected chi connectivity index (χ1v) is 7.21. The van der Waals surface area contributed by atoms with E-state index in [1.54, 1.807) is 0 Å². The van der Waals surface area contributed by atoms with E-state index in [1.807, 2.05) is 0 Å². The molecule has 1 saturated heterocycles. The van der Waals surface area contributed by atoms with Crippen LogP contribution in [0.2, 0.25) is 0 Å². The van der Waals surface area contributed by atoms with E-state index in [0.29, 0.717) is 11.5 Å². The van der Waals surface area contributed by atoms with Gasteiger partial charge in [0.2, 0.25) is 0 Å². The van der Waals surface area contributed by atoms with Gasteiger partial charge in [0.1, 0.15) is 0 Å². The van der Waals surface area contributed by atoms with Crippen LogP contribution in [0.1, 0.15) is 57.8 Å². The fraction of sp³-hybridized carbons (Fsp3) is 1.00. The van der Waals surface area contributed by atoms with Crippen molar-refractivity contribution in [3.63, 3.8) is 0 Å². The first kappa shape index (κ1) is 11.0. The van der Waals surface area contributed by atoms with E-state index in [9.17, 15) is 0 Å². The van der Waals surface area contributed by atoms with Gasteiger partial charge in [0, 0.05) is 19.2 Å². The predicted molar refractivity (Wildman–Crippen MR) is 65.5 cm³/mol. The Bertz CT molecular complexity index is 227. The highest BCUT2D eigenvalue weighted by atomic mass is 16.5. The summed E-state index contributed by atoms with van der Waals surface area (Å²) < 4.78 is 5.73. The first-order valence-electron chi connectivity index (χ1n) is 7.21. The highest BCUT2D eigenvalue weighted by Crippen LogP contribution is 2.45. The van der Waals surface area contributed by atoms with Crippen molar-refractivity contribution in [1.82, 2.24) is 5.32 Å². The molecule has 3 rings (SSSR count). The molecule has 2 aliphatic carbocycles. The van der Waals surface area contributed by atoms with E-state index >= 15 is 0 Å². The molecule has 2 heteroatoms. The summed E-state index contributed by atoms with van der Waals surface area (Å²) in [5, 5.41) is 3.73. The zero-order valence-corrected chi connectivity index (χ0v) is 10.3. The Hall–Kier alpha value is -0.0800. The van der Waals surface area contributed by atoms with Gasteiger partial charge in [-0.3, -0.25) is 0 Å².